The van der Waals surface area contributed by atoms with Crippen molar-refractivity contribution in [2.24, 2.45) is 0 Å². The molecular formula is C18H21FO2. The molecule has 2 aromatic rings. The van der Waals surface area contributed by atoms with Crippen LogP contribution in [0.5, 0.6) is 11.5 Å². The first kappa shape index (κ1) is 15.5. The summed E-state index contributed by atoms with van der Waals surface area (Å²) in [6.45, 7) is 7.81. The molecule has 0 spiro atoms. The average Bonchev–Trinajstić information content (AvgIpc) is 2.37. The molecule has 0 unspecified atom stereocenters. The summed E-state index contributed by atoms with van der Waals surface area (Å²) >= 11 is 0. The van der Waals surface area contributed by atoms with Crippen molar-refractivity contribution in [1.29, 1.82) is 0 Å². The molecule has 0 heterocycles. The Morgan fingerprint density at radius 2 is 1.62 bits per heavy atom. The molecule has 1 N–H and O–H groups in total. The van der Waals surface area contributed by atoms with Gasteiger partial charge >= 0.3 is 0 Å². The van der Waals surface area contributed by atoms with E-state index in [0.29, 0.717) is 11.5 Å². The Hall–Kier alpha value is -1.87. The molecule has 0 radical (unpaired) electrons. The Bertz CT molecular complexity index is 627. The first-order chi connectivity index (χ1) is 9.80. The zero-order valence-electron chi connectivity index (χ0n) is 12.9. The van der Waals surface area contributed by atoms with Crippen molar-refractivity contribution in [2.45, 2.75) is 39.2 Å². The number of hydrogen-bond acceptors (Lipinski definition) is 2. The summed E-state index contributed by atoms with van der Waals surface area (Å²) in [7, 11) is 0. The fraction of sp³-hybridized carbons (Fsp3) is 0.333. The highest BCUT2D eigenvalue weighted by atomic mass is 19.1. The lowest BCUT2D eigenvalue weighted by Gasteiger charge is -2.23. The maximum Gasteiger partial charge on any atom is 0.136 e. The quantitative estimate of drug-likeness (QED) is 0.864. The molecule has 2 nitrogen and oxygen atoms in total. The summed E-state index contributed by atoms with van der Waals surface area (Å²) in [6.07, 6.45) is -0.928. The highest BCUT2D eigenvalue weighted by Gasteiger charge is 2.21. The van der Waals surface area contributed by atoms with Gasteiger partial charge in [-0.1, -0.05) is 45.0 Å². The Balaban J connectivity index is 2.47. The minimum absolute atomic E-state index is 0.0884. The topological polar surface area (TPSA) is 29.5 Å². The third kappa shape index (κ3) is 3.42. The lowest BCUT2D eigenvalue weighted by molar-refractivity contribution is 0.190. The number of hydrogen-bond donors (Lipinski definition) is 1. The molecule has 0 aliphatic carbocycles. The number of aliphatic hydroxyl groups is 1. The van der Waals surface area contributed by atoms with Gasteiger partial charge in [0.15, 0.2) is 0 Å². The second kappa shape index (κ2) is 5.86. The molecule has 0 bridgehead atoms. The summed E-state index contributed by atoms with van der Waals surface area (Å²) in [5, 5.41) is 9.77. The molecule has 0 aliphatic heterocycles. The van der Waals surface area contributed by atoms with Crippen molar-refractivity contribution in [3.05, 3.63) is 59.4 Å². The van der Waals surface area contributed by atoms with E-state index in [4.69, 9.17) is 4.74 Å². The van der Waals surface area contributed by atoms with Crippen LogP contribution in [-0.4, -0.2) is 5.11 Å². The second-order valence-corrected chi connectivity index (χ2v) is 6.18. The standard InChI is InChI=1S/C18H21FO2/c1-12(20)17-14(19)9-7-11-16(17)21-15-10-6-5-8-13(15)18(2,3)4/h5-12,20H,1-4H3/t12-/m0/s1. The Morgan fingerprint density at radius 1 is 1.00 bits per heavy atom. The van der Waals surface area contributed by atoms with Gasteiger partial charge in [0.1, 0.15) is 17.3 Å². The van der Waals surface area contributed by atoms with Crippen LogP contribution in [0.2, 0.25) is 0 Å². The summed E-state index contributed by atoms with van der Waals surface area (Å²) in [4.78, 5) is 0. The van der Waals surface area contributed by atoms with E-state index in [2.05, 4.69) is 20.8 Å². The second-order valence-electron chi connectivity index (χ2n) is 6.18. The van der Waals surface area contributed by atoms with Crippen LogP contribution in [0.4, 0.5) is 4.39 Å². The molecule has 0 saturated heterocycles. The van der Waals surface area contributed by atoms with E-state index in [1.807, 2.05) is 24.3 Å². The van der Waals surface area contributed by atoms with Crippen LogP contribution < -0.4 is 4.74 Å². The Kier molecular flexibility index (Phi) is 4.33. The number of aliphatic hydroxyl groups excluding tert-OH is 1. The maximum atomic E-state index is 13.9. The van der Waals surface area contributed by atoms with E-state index >= 15 is 0 Å². The monoisotopic (exact) mass is 288 g/mol. The van der Waals surface area contributed by atoms with Gasteiger partial charge in [-0.25, -0.2) is 4.39 Å². The number of rotatable bonds is 3. The van der Waals surface area contributed by atoms with Crippen LogP contribution in [0.25, 0.3) is 0 Å². The molecule has 0 amide bonds. The van der Waals surface area contributed by atoms with Gasteiger partial charge in [0.2, 0.25) is 0 Å². The highest BCUT2D eigenvalue weighted by molar-refractivity contribution is 5.44. The zero-order valence-corrected chi connectivity index (χ0v) is 12.9. The van der Waals surface area contributed by atoms with Gasteiger partial charge in [0.05, 0.1) is 11.7 Å². The normalized spacial score (nSPS) is 13.0. The van der Waals surface area contributed by atoms with Crippen LogP contribution in [-0.2, 0) is 5.41 Å². The third-order valence-electron chi connectivity index (χ3n) is 3.35. The third-order valence-corrected chi connectivity index (χ3v) is 3.35. The number of para-hydroxylation sites is 1. The van der Waals surface area contributed by atoms with Crippen molar-refractivity contribution < 1.29 is 14.2 Å². The van der Waals surface area contributed by atoms with Gasteiger partial charge in [-0.3, -0.25) is 0 Å². The van der Waals surface area contributed by atoms with Crippen LogP contribution in [0, 0.1) is 5.82 Å². The first-order valence-electron chi connectivity index (χ1n) is 7.04. The zero-order chi connectivity index (χ0) is 15.6. The van der Waals surface area contributed by atoms with E-state index in [0.717, 1.165) is 5.56 Å². The molecule has 2 rings (SSSR count). The van der Waals surface area contributed by atoms with E-state index in [1.165, 1.54) is 13.0 Å². The van der Waals surface area contributed by atoms with Crippen LogP contribution >= 0.6 is 0 Å². The van der Waals surface area contributed by atoms with Crippen LogP contribution in [0.15, 0.2) is 42.5 Å². The minimum Gasteiger partial charge on any atom is -0.457 e. The average molecular weight is 288 g/mol. The van der Waals surface area contributed by atoms with E-state index in [1.54, 1.807) is 12.1 Å². The van der Waals surface area contributed by atoms with Gasteiger partial charge < -0.3 is 9.84 Å². The van der Waals surface area contributed by atoms with Gasteiger partial charge in [-0.05, 0) is 30.5 Å². The molecule has 3 heteroatoms. The predicted octanol–water partition coefficient (Wildman–Crippen LogP) is 4.97. The lowest BCUT2D eigenvalue weighted by atomic mass is 9.86. The number of benzene rings is 2. The summed E-state index contributed by atoms with van der Waals surface area (Å²) in [5.41, 5.74) is 1.13. The highest BCUT2D eigenvalue weighted by Crippen LogP contribution is 2.37. The smallest absolute Gasteiger partial charge is 0.136 e. The fourth-order valence-electron chi connectivity index (χ4n) is 2.31. The van der Waals surface area contributed by atoms with E-state index < -0.39 is 11.9 Å². The summed E-state index contributed by atoms with van der Waals surface area (Å²) < 4.78 is 19.8. The molecule has 0 fully saturated rings. The molecule has 21 heavy (non-hydrogen) atoms. The molecule has 112 valence electrons. The molecular weight excluding hydrogens is 267 g/mol. The lowest BCUT2D eigenvalue weighted by Crippen LogP contribution is -2.12. The van der Waals surface area contributed by atoms with Crippen molar-refractivity contribution >= 4 is 0 Å². The van der Waals surface area contributed by atoms with Gasteiger partial charge in [-0.15, -0.1) is 0 Å². The van der Waals surface area contributed by atoms with Crippen LogP contribution in [0.3, 0.4) is 0 Å². The number of halogens is 1. The fourth-order valence-corrected chi connectivity index (χ4v) is 2.31. The van der Waals surface area contributed by atoms with Crippen molar-refractivity contribution in [1.82, 2.24) is 0 Å². The molecule has 2 aromatic carbocycles. The largest absolute Gasteiger partial charge is 0.457 e. The van der Waals surface area contributed by atoms with Gasteiger partial charge in [0, 0.05) is 5.56 Å². The van der Waals surface area contributed by atoms with Gasteiger partial charge in [0.25, 0.3) is 0 Å². The SMILES string of the molecule is C[C@H](O)c1c(F)cccc1Oc1ccccc1C(C)(C)C. The Morgan fingerprint density at radius 3 is 2.24 bits per heavy atom. The van der Waals surface area contributed by atoms with E-state index in [9.17, 15) is 9.50 Å². The summed E-state index contributed by atoms with van der Waals surface area (Å²) in [6, 6.07) is 12.3. The predicted molar refractivity (Wildman–Crippen MR) is 82.2 cm³/mol. The van der Waals surface area contributed by atoms with Crippen LogP contribution in [0.1, 0.15) is 44.9 Å². The molecule has 0 aliphatic rings. The molecule has 1 atom stereocenters. The molecule has 0 aromatic heterocycles. The Labute approximate surface area is 125 Å². The number of ether oxygens (including phenoxy) is 1. The van der Waals surface area contributed by atoms with Crippen molar-refractivity contribution in [3.8, 4) is 11.5 Å². The van der Waals surface area contributed by atoms with Crippen molar-refractivity contribution in [3.63, 3.8) is 0 Å². The first-order valence-corrected chi connectivity index (χ1v) is 7.04. The van der Waals surface area contributed by atoms with Gasteiger partial charge in [-0.2, -0.15) is 0 Å². The molecule has 0 saturated carbocycles. The maximum absolute atomic E-state index is 13.9. The minimum atomic E-state index is -0.928. The van der Waals surface area contributed by atoms with E-state index in [-0.39, 0.29) is 11.0 Å². The summed E-state index contributed by atoms with van der Waals surface area (Å²) in [5.74, 6) is 0.565. The van der Waals surface area contributed by atoms with Crippen molar-refractivity contribution in [2.75, 3.05) is 0 Å².